The number of hydrogen-bond acceptors (Lipinski definition) is 4. The van der Waals surface area contributed by atoms with Gasteiger partial charge in [0.15, 0.2) is 0 Å². The van der Waals surface area contributed by atoms with E-state index in [1.165, 1.54) is 25.3 Å². The lowest BCUT2D eigenvalue weighted by molar-refractivity contribution is 0.102. The molecule has 0 saturated heterocycles. The minimum Gasteiger partial charge on any atom is -0.495 e. The van der Waals surface area contributed by atoms with Gasteiger partial charge >= 0.3 is 0 Å². The molecule has 132 valence electrons. The van der Waals surface area contributed by atoms with Crippen LogP contribution in [0.15, 0.2) is 47.4 Å². The van der Waals surface area contributed by atoms with E-state index >= 15 is 0 Å². The number of carbonyl (C=O) groups excluding carboxylic acids is 1. The van der Waals surface area contributed by atoms with Crippen LogP contribution in [0.5, 0.6) is 5.75 Å². The second kappa shape index (κ2) is 7.03. The molecule has 3 rings (SSSR count). The average molecular weight is 381 g/mol. The maximum atomic E-state index is 12.5. The maximum absolute atomic E-state index is 12.5. The van der Waals surface area contributed by atoms with Crippen molar-refractivity contribution in [3.05, 3.63) is 53.1 Å². The lowest BCUT2D eigenvalue weighted by atomic mass is 10.2. The quantitative estimate of drug-likeness (QED) is 0.806. The van der Waals surface area contributed by atoms with Crippen LogP contribution in [-0.4, -0.2) is 27.5 Å². The van der Waals surface area contributed by atoms with E-state index in [0.29, 0.717) is 10.7 Å². The first-order chi connectivity index (χ1) is 11.9. The fraction of sp³-hybridized carbons (Fsp3) is 0.235. The van der Waals surface area contributed by atoms with E-state index < -0.39 is 15.9 Å². The van der Waals surface area contributed by atoms with Gasteiger partial charge in [-0.1, -0.05) is 23.7 Å². The summed E-state index contributed by atoms with van der Waals surface area (Å²) in [5.41, 5.74) is 0.641. The Morgan fingerprint density at radius 3 is 2.56 bits per heavy atom. The first-order valence-corrected chi connectivity index (χ1v) is 9.53. The molecule has 8 heteroatoms. The topological polar surface area (TPSA) is 84.5 Å². The second-order valence-electron chi connectivity index (χ2n) is 5.70. The summed E-state index contributed by atoms with van der Waals surface area (Å²) in [4.78, 5) is 12.4. The van der Waals surface area contributed by atoms with Gasteiger partial charge in [0, 0.05) is 11.6 Å². The molecule has 0 bridgehead atoms. The Labute approximate surface area is 151 Å². The summed E-state index contributed by atoms with van der Waals surface area (Å²) in [5.74, 6) is -0.277. The standard InChI is InChI=1S/C17H17ClN2O4S/c1-24-15-9-6-11(10-16(15)25(22,23)20-12-7-8-12)17(21)19-14-5-3-2-4-13(14)18/h2-6,9-10,12,20H,7-8H2,1H3,(H,19,21). The molecule has 1 amide bonds. The zero-order chi connectivity index (χ0) is 18.0. The molecule has 2 aromatic rings. The van der Waals surface area contributed by atoms with Crippen LogP contribution in [-0.2, 0) is 10.0 Å². The third kappa shape index (κ3) is 4.12. The van der Waals surface area contributed by atoms with Crippen LogP contribution in [0.3, 0.4) is 0 Å². The number of amides is 1. The number of rotatable bonds is 6. The van der Waals surface area contributed by atoms with Gasteiger partial charge < -0.3 is 10.1 Å². The van der Waals surface area contributed by atoms with Gasteiger partial charge in [-0.25, -0.2) is 13.1 Å². The molecule has 0 aliphatic heterocycles. The first kappa shape index (κ1) is 17.7. The van der Waals surface area contributed by atoms with E-state index in [2.05, 4.69) is 10.0 Å². The van der Waals surface area contributed by atoms with E-state index in [1.54, 1.807) is 24.3 Å². The van der Waals surface area contributed by atoms with Gasteiger partial charge in [0.1, 0.15) is 10.6 Å². The molecule has 1 saturated carbocycles. The summed E-state index contributed by atoms with van der Waals surface area (Å²) in [7, 11) is -2.37. The number of carbonyl (C=O) groups is 1. The van der Waals surface area contributed by atoms with Gasteiger partial charge in [-0.15, -0.1) is 0 Å². The van der Waals surface area contributed by atoms with E-state index in [-0.39, 0.29) is 22.3 Å². The molecule has 0 radical (unpaired) electrons. The van der Waals surface area contributed by atoms with Gasteiger partial charge in [0.25, 0.3) is 5.91 Å². The number of anilines is 1. The van der Waals surface area contributed by atoms with Crippen molar-refractivity contribution < 1.29 is 17.9 Å². The Morgan fingerprint density at radius 1 is 1.20 bits per heavy atom. The van der Waals surface area contributed by atoms with Crippen LogP contribution in [0, 0.1) is 0 Å². The molecule has 0 aromatic heterocycles. The fourth-order valence-corrected chi connectivity index (χ4v) is 3.95. The number of ether oxygens (including phenoxy) is 1. The molecule has 0 heterocycles. The zero-order valence-corrected chi connectivity index (χ0v) is 15.0. The van der Waals surface area contributed by atoms with E-state index in [1.807, 2.05) is 0 Å². The van der Waals surface area contributed by atoms with Gasteiger partial charge in [0.05, 0.1) is 17.8 Å². The molecule has 0 atom stereocenters. The normalized spacial score (nSPS) is 14.2. The summed E-state index contributed by atoms with van der Waals surface area (Å²) >= 11 is 6.03. The lowest BCUT2D eigenvalue weighted by Gasteiger charge is -2.12. The minimum atomic E-state index is -3.76. The molecular weight excluding hydrogens is 364 g/mol. The van der Waals surface area contributed by atoms with Crippen LogP contribution < -0.4 is 14.8 Å². The average Bonchev–Trinajstić information content (AvgIpc) is 3.39. The van der Waals surface area contributed by atoms with Crippen LogP contribution in [0.4, 0.5) is 5.69 Å². The number of para-hydroxylation sites is 1. The van der Waals surface area contributed by atoms with Crippen molar-refractivity contribution in [3.63, 3.8) is 0 Å². The largest absolute Gasteiger partial charge is 0.495 e. The number of sulfonamides is 1. The Morgan fingerprint density at radius 2 is 1.92 bits per heavy atom. The summed E-state index contributed by atoms with van der Waals surface area (Å²) in [6, 6.07) is 11.0. The number of hydrogen-bond donors (Lipinski definition) is 2. The molecule has 2 N–H and O–H groups in total. The highest BCUT2D eigenvalue weighted by molar-refractivity contribution is 7.89. The zero-order valence-electron chi connectivity index (χ0n) is 13.5. The molecule has 1 aliphatic rings. The summed E-state index contributed by atoms with van der Waals surface area (Å²) in [6.07, 6.45) is 1.63. The van der Waals surface area contributed by atoms with Crippen molar-refractivity contribution >= 4 is 33.2 Å². The van der Waals surface area contributed by atoms with Crippen molar-refractivity contribution in [2.75, 3.05) is 12.4 Å². The number of nitrogens with one attached hydrogen (secondary N) is 2. The summed E-state index contributed by atoms with van der Waals surface area (Å²) < 4.78 is 32.7. The van der Waals surface area contributed by atoms with Crippen molar-refractivity contribution in [2.45, 2.75) is 23.8 Å². The SMILES string of the molecule is COc1ccc(C(=O)Nc2ccccc2Cl)cc1S(=O)(=O)NC1CC1. The van der Waals surface area contributed by atoms with E-state index in [4.69, 9.17) is 16.3 Å². The molecular formula is C17H17ClN2O4S. The summed E-state index contributed by atoms with van der Waals surface area (Å²) in [6.45, 7) is 0. The first-order valence-electron chi connectivity index (χ1n) is 7.67. The van der Waals surface area contributed by atoms with Gasteiger partial charge in [-0.2, -0.15) is 0 Å². The Kier molecular flexibility index (Phi) is 4.99. The number of benzene rings is 2. The molecule has 2 aromatic carbocycles. The predicted octanol–water partition coefficient (Wildman–Crippen LogP) is 3.04. The maximum Gasteiger partial charge on any atom is 0.255 e. The van der Waals surface area contributed by atoms with Gasteiger partial charge in [0.2, 0.25) is 10.0 Å². The minimum absolute atomic E-state index is 0.0460. The van der Waals surface area contributed by atoms with Crippen molar-refractivity contribution in [3.8, 4) is 5.75 Å². The van der Waals surface area contributed by atoms with E-state index in [9.17, 15) is 13.2 Å². The van der Waals surface area contributed by atoms with Crippen molar-refractivity contribution in [1.82, 2.24) is 4.72 Å². The van der Waals surface area contributed by atoms with Crippen molar-refractivity contribution in [1.29, 1.82) is 0 Å². The Balaban J connectivity index is 1.90. The van der Waals surface area contributed by atoms with Crippen LogP contribution >= 0.6 is 11.6 Å². The highest BCUT2D eigenvalue weighted by Gasteiger charge is 2.30. The smallest absolute Gasteiger partial charge is 0.255 e. The van der Waals surface area contributed by atoms with Gasteiger partial charge in [-0.05, 0) is 43.2 Å². The highest BCUT2D eigenvalue weighted by Crippen LogP contribution is 2.29. The third-order valence-corrected chi connectivity index (χ3v) is 5.61. The highest BCUT2D eigenvalue weighted by atomic mass is 35.5. The van der Waals surface area contributed by atoms with Crippen LogP contribution in [0.2, 0.25) is 5.02 Å². The third-order valence-electron chi connectivity index (χ3n) is 3.74. The molecule has 0 unspecified atom stereocenters. The molecule has 25 heavy (non-hydrogen) atoms. The molecule has 6 nitrogen and oxygen atoms in total. The Bertz CT molecular complexity index is 911. The molecule has 1 fully saturated rings. The Hall–Kier alpha value is -2.09. The summed E-state index contributed by atoms with van der Waals surface area (Å²) in [5, 5.41) is 3.06. The molecule has 1 aliphatic carbocycles. The number of methoxy groups -OCH3 is 1. The van der Waals surface area contributed by atoms with E-state index in [0.717, 1.165) is 12.8 Å². The monoisotopic (exact) mass is 380 g/mol. The van der Waals surface area contributed by atoms with Crippen LogP contribution in [0.1, 0.15) is 23.2 Å². The van der Waals surface area contributed by atoms with Crippen LogP contribution in [0.25, 0.3) is 0 Å². The lowest BCUT2D eigenvalue weighted by Crippen LogP contribution is -2.26. The molecule has 0 spiro atoms. The van der Waals surface area contributed by atoms with Gasteiger partial charge in [-0.3, -0.25) is 4.79 Å². The predicted molar refractivity (Wildman–Crippen MR) is 95.7 cm³/mol. The fourth-order valence-electron chi connectivity index (χ4n) is 2.27. The number of halogens is 1. The second-order valence-corrected chi connectivity index (χ2v) is 7.78. The van der Waals surface area contributed by atoms with Crippen molar-refractivity contribution in [2.24, 2.45) is 0 Å².